The van der Waals surface area contributed by atoms with Crippen molar-refractivity contribution < 1.29 is 9.90 Å². The van der Waals surface area contributed by atoms with E-state index in [2.05, 4.69) is 29.5 Å². The molecule has 0 fully saturated rings. The average Bonchev–Trinajstić information content (AvgIpc) is 2.58. The second-order valence-corrected chi connectivity index (χ2v) is 6.14. The highest BCUT2D eigenvalue weighted by Gasteiger charge is 2.10. The second-order valence-electron chi connectivity index (χ2n) is 5.74. The first-order chi connectivity index (χ1) is 11.5. The van der Waals surface area contributed by atoms with Gasteiger partial charge in [-0.1, -0.05) is 31.5 Å². The lowest BCUT2D eigenvalue weighted by molar-refractivity contribution is 0.0945. The summed E-state index contributed by atoms with van der Waals surface area (Å²) in [6.45, 7) is 4.89. The zero-order chi connectivity index (χ0) is 17.5. The molecule has 0 radical (unpaired) electrons. The molecule has 1 aromatic heterocycles. The SMILES string of the molecule is CC(C)c1cccc(CNc2ccc(C(=O)NCCO)c(Cl)c2)n1. The van der Waals surface area contributed by atoms with Crippen molar-refractivity contribution >= 4 is 23.2 Å². The van der Waals surface area contributed by atoms with Gasteiger partial charge >= 0.3 is 0 Å². The number of aromatic nitrogens is 1. The molecular weight excluding hydrogens is 326 g/mol. The van der Waals surface area contributed by atoms with Crippen LogP contribution in [0, 0.1) is 0 Å². The predicted molar refractivity (Wildman–Crippen MR) is 96.5 cm³/mol. The quantitative estimate of drug-likeness (QED) is 0.719. The van der Waals surface area contributed by atoms with E-state index in [1.54, 1.807) is 18.2 Å². The summed E-state index contributed by atoms with van der Waals surface area (Å²) in [4.78, 5) is 16.5. The van der Waals surface area contributed by atoms with Crippen molar-refractivity contribution in [2.45, 2.75) is 26.3 Å². The lowest BCUT2D eigenvalue weighted by Crippen LogP contribution is -2.26. The number of hydrogen-bond donors (Lipinski definition) is 3. The molecule has 0 unspecified atom stereocenters. The molecule has 2 rings (SSSR count). The van der Waals surface area contributed by atoms with E-state index in [4.69, 9.17) is 16.7 Å². The van der Waals surface area contributed by atoms with Crippen molar-refractivity contribution in [3.8, 4) is 0 Å². The number of pyridine rings is 1. The van der Waals surface area contributed by atoms with Gasteiger partial charge in [-0.25, -0.2) is 0 Å². The van der Waals surface area contributed by atoms with Gasteiger partial charge in [0.25, 0.3) is 5.91 Å². The van der Waals surface area contributed by atoms with Crippen molar-refractivity contribution in [3.05, 3.63) is 58.4 Å². The van der Waals surface area contributed by atoms with Gasteiger partial charge in [-0.2, -0.15) is 0 Å². The topological polar surface area (TPSA) is 74.2 Å². The molecule has 0 bridgehead atoms. The number of nitrogens with zero attached hydrogens (tertiary/aromatic N) is 1. The van der Waals surface area contributed by atoms with Crippen LogP contribution in [0.2, 0.25) is 5.02 Å². The summed E-state index contributed by atoms with van der Waals surface area (Å²) in [5.41, 5.74) is 3.20. The Bertz CT molecular complexity index is 704. The van der Waals surface area contributed by atoms with Gasteiger partial charge in [0.2, 0.25) is 0 Å². The number of halogens is 1. The zero-order valence-electron chi connectivity index (χ0n) is 13.8. The van der Waals surface area contributed by atoms with Crippen molar-refractivity contribution in [2.75, 3.05) is 18.5 Å². The maximum Gasteiger partial charge on any atom is 0.252 e. The van der Waals surface area contributed by atoms with E-state index < -0.39 is 0 Å². The summed E-state index contributed by atoms with van der Waals surface area (Å²) in [5, 5.41) is 14.9. The lowest BCUT2D eigenvalue weighted by atomic mass is 10.1. The van der Waals surface area contributed by atoms with E-state index in [-0.39, 0.29) is 19.1 Å². The van der Waals surface area contributed by atoms with Crippen LogP contribution in [0.1, 0.15) is 41.5 Å². The molecule has 0 spiro atoms. The molecule has 2 aromatic rings. The minimum Gasteiger partial charge on any atom is -0.395 e. The molecule has 3 N–H and O–H groups in total. The van der Waals surface area contributed by atoms with Crippen LogP contribution in [0.15, 0.2) is 36.4 Å². The highest BCUT2D eigenvalue weighted by molar-refractivity contribution is 6.34. The van der Waals surface area contributed by atoms with E-state index in [1.165, 1.54) is 0 Å². The third-order valence-corrected chi connectivity index (χ3v) is 3.82. The average molecular weight is 348 g/mol. The molecule has 0 saturated carbocycles. The van der Waals surface area contributed by atoms with E-state index in [9.17, 15) is 4.79 Å². The van der Waals surface area contributed by atoms with Crippen molar-refractivity contribution in [1.29, 1.82) is 0 Å². The van der Waals surface area contributed by atoms with Crippen LogP contribution in [0.25, 0.3) is 0 Å². The van der Waals surface area contributed by atoms with Gasteiger partial charge in [0.05, 0.1) is 29.4 Å². The van der Waals surface area contributed by atoms with Crippen LogP contribution in [0.3, 0.4) is 0 Å². The summed E-state index contributed by atoms with van der Waals surface area (Å²) in [6, 6.07) is 11.2. The monoisotopic (exact) mass is 347 g/mol. The van der Waals surface area contributed by atoms with Crippen LogP contribution < -0.4 is 10.6 Å². The molecule has 0 saturated heterocycles. The van der Waals surface area contributed by atoms with Crippen molar-refractivity contribution in [2.24, 2.45) is 0 Å². The fourth-order valence-electron chi connectivity index (χ4n) is 2.18. The first-order valence-electron chi connectivity index (χ1n) is 7.89. The highest BCUT2D eigenvalue weighted by Crippen LogP contribution is 2.21. The van der Waals surface area contributed by atoms with Gasteiger partial charge in [0.1, 0.15) is 0 Å². The standard InChI is InChI=1S/C18H22ClN3O2/c1-12(2)17-5-3-4-14(22-17)11-21-13-6-7-15(16(19)10-13)18(24)20-8-9-23/h3-7,10,12,21,23H,8-9,11H2,1-2H3,(H,20,24). The smallest absolute Gasteiger partial charge is 0.252 e. The van der Waals surface area contributed by atoms with E-state index in [0.717, 1.165) is 17.1 Å². The third kappa shape index (κ3) is 4.94. The number of anilines is 1. The highest BCUT2D eigenvalue weighted by atomic mass is 35.5. The summed E-state index contributed by atoms with van der Waals surface area (Å²) in [7, 11) is 0. The summed E-state index contributed by atoms with van der Waals surface area (Å²) < 4.78 is 0. The number of aliphatic hydroxyl groups excluding tert-OH is 1. The number of carbonyl (C=O) groups is 1. The Morgan fingerprint density at radius 3 is 2.75 bits per heavy atom. The van der Waals surface area contributed by atoms with Gasteiger partial charge in [-0.15, -0.1) is 0 Å². The molecule has 6 heteroatoms. The maximum atomic E-state index is 11.9. The van der Waals surface area contributed by atoms with Gasteiger partial charge < -0.3 is 15.7 Å². The number of hydrogen-bond acceptors (Lipinski definition) is 4. The van der Waals surface area contributed by atoms with E-state index in [0.29, 0.717) is 23.0 Å². The van der Waals surface area contributed by atoms with Crippen molar-refractivity contribution in [1.82, 2.24) is 10.3 Å². The Kier molecular flexibility index (Phi) is 6.58. The summed E-state index contributed by atoms with van der Waals surface area (Å²) in [6.07, 6.45) is 0. The molecule has 1 heterocycles. The van der Waals surface area contributed by atoms with Crippen LogP contribution in [0.4, 0.5) is 5.69 Å². The fourth-order valence-corrected chi connectivity index (χ4v) is 2.45. The molecule has 24 heavy (non-hydrogen) atoms. The third-order valence-electron chi connectivity index (χ3n) is 3.50. The molecule has 128 valence electrons. The molecular formula is C18H22ClN3O2. The molecule has 5 nitrogen and oxygen atoms in total. The van der Waals surface area contributed by atoms with E-state index >= 15 is 0 Å². The van der Waals surface area contributed by atoms with Crippen LogP contribution >= 0.6 is 11.6 Å². The fraction of sp³-hybridized carbons (Fsp3) is 0.333. The zero-order valence-corrected chi connectivity index (χ0v) is 14.6. The van der Waals surface area contributed by atoms with Gasteiger partial charge in [-0.05, 0) is 36.2 Å². The molecule has 0 atom stereocenters. The molecule has 1 aromatic carbocycles. The number of nitrogens with one attached hydrogen (secondary N) is 2. The second kappa shape index (κ2) is 8.66. The molecule has 0 aliphatic rings. The van der Waals surface area contributed by atoms with Gasteiger partial charge in [-0.3, -0.25) is 9.78 Å². The maximum absolute atomic E-state index is 11.9. The number of rotatable bonds is 7. The molecule has 1 amide bonds. The van der Waals surface area contributed by atoms with E-state index in [1.807, 2.05) is 18.2 Å². The number of amides is 1. The Hall–Kier alpha value is -2.11. The van der Waals surface area contributed by atoms with Crippen LogP contribution in [-0.4, -0.2) is 29.1 Å². The van der Waals surface area contributed by atoms with Gasteiger partial charge in [0, 0.05) is 17.9 Å². The number of carbonyl (C=O) groups excluding carboxylic acids is 1. The minimum absolute atomic E-state index is 0.106. The van der Waals surface area contributed by atoms with Crippen LogP contribution in [0.5, 0.6) is 0 Å². The lowest BCUT2D eigenvalue weighted by Gasteiger charge is -2.11. The largest absolute Gasteiger partial charge is 0.395 e. The first kappa shape index (κ1) is 18.2. The minimum atomic E-state index is -0.299. The predicted octanol–water partition coefficient (Wildman–Crippen LogP) is 3.19. The Morgan fingerprint density at radius 2 is 2.08 bits per heavy atom. The van der Waals surface area contributed by atoms with Crippen molar-refractivity contribution in [3.63, 3.8) is 0 Å². The van der Waals surface area contributed by atoms with Gasteiger partial charge in [0.15, 0.2) is 0 Å². The number of aliphatic hydroxyl groups is 1. The Balaban J connectivity index is 2.02. The summed E-state index contributed by atoms with van der Waals surface area (Å²) >= 11 is 6.17. The Morgan fingerprint density at radius 1 is 1.29 bits per heavy atom. The number of benzene rings is 1. The Labute approximate surface area is 147 Å². The normalized spacial score (nSPS) is 10.7. The van der Waals surface area contributed by atoms with Crippen LogP contribution in [-0.2, 0) is 6.54 Å². The summed E-state index contributed by atoms with van der Waals surface area (Å²) in [5.74, 6) is 0.0861. The first-order valence-corrected chi connectivity index (χ1v) is 8.27. The molecule has 0 aliphatic heterocycles. The molecule has 0 aliphatic carbocycles.